The van der Waals surface area contributed by atoms with Crippen LogP contribution in [0.5, 0.6) is 0 Å². The number of hydrogen-bond donors (Lipinski definition) is 0. The minimum absolute atomic E-state index is 0.129. The minimum atomic E-state index is -1.04. The van der Waals surface area contributed by atoms with Crippen molar-refractivity contribution in [1.82, 2.24) is 5.01 Å². The monoisotopic (exact) mass is 224 g/mol. The van der Waals surface area contributed by atoms with Gasteiger partial charge in [0.05, 0.1) is 11.3 Å². The van der Waals surface area contributed by atoms with E-state index < -0.39 is 5.57 Å². The SMILES string of the molecule is BC1(F)CC(/C(C=C)=N/N(C)C)(C(C)C)C1. The van der Waals surface area contributed by atoms with Gasteiger partial charge < -0.3 is 5.01 Å². The van der Waals surface area contributed by atoms with Gasteiger partial charge in [0, 0.05) is 19.5 Å². The maximum atomic E-state index is 13.8. The zero-order chi connectivity index (χ0) is 12.6. The van der Waals surface area contributed by atoms with Crippen molar-refractivity contribution in [3.63, 3.8) is 0 Å². The van der Waals surface area contributed by atoms with Gasteiger partial charge in [-0.3, -0.25) is 4.39 Å². The van der Waals surface area contributed by atoms with E-state index in [0.29, 0.717) is 18.8 Å². The maximum absolute atomic E-state index is 13.8. The van der Waals surface area contributed by atoms with E-state index in [4.69, 9.17) is 0 Å². The Morgan fingerprint density at radius 2 is 2.00 bits per heavy atom. The van der Waals surface area contributed by atoms with E-state index in [-0.39, 0.29) is 5.41 Å². The van der Waals surface area contributed by atoms with Crippen LogP contribution in [0.15, 0.2) is 17.8 Å². The third-order valence-electron chi connectivity index (χ3n) is 3.48. The zero-order valence-electron chi connectivity index (χ0n) is 11.0. The smallest absolute Gasteiger partial charge is 0.150 e. The van der Waals surface area contributed by atoms with Crippen LogP contribution in [-0.2, 0) is 0 Å². The maximum Gasteiger partial charge on any atom is 0.150 e. The van der Waals surface area contributed by atoms with E-state index in [1.54, 1.807) is 18.9 Å². The van der Waals surface area contributed by atoms with Crippen molar-refractivity contribution in [2.45, 2.75) is 32.3 Å². The molecular formula is C12H22BFN2. The molecule has 4 heteroatoms. The van der Waals surface area contributed by atoms with Crippen LogP contribution in [-0.4, -0.2) is 38.2 Å². The van der Waals surface area contributed by atoms with Crippen molar-refractivity contribution >= 4 is 13.6 Å². The molecule has 2 nitrogen and oxygen atoms in total. The van der Waals surface area contributed by atoms with Crippen molar-refractivity contribution < 1.29 is 4.39 Å². The van der Waals surface area contributed by atoms with Gasteiger partial charge in [-0.2, -0.15) is 5.10 Å². The molecule has 16 heavy (non-hydrogen) atoms. The predicted molar refractivity (Wildman–Crippen MR) is 70.2 cm³/mol. The van der Waals surface area contributed by atoms with Crippen LogP contribution in [0.2, 0.25) is 0 Å². The average molecular weight is 224 g/mol. The van der Waals surface area contributed by atoms with Crippen LogP contribution >= 0.6 is 0 Å². The number of halogens is 1. The van der Waals surface area contributed by atoms with Crippen molar-refractivity contribution in [1.29, 1.82) is 0 Å². The highest BCUT2D eigenvalue weighted by molar-refractivity contribution is 6.17. The average Bonchev–Trinajstić information content (AvgIpc) is 2.08. The third-order valence-corrected chi connectivity index (χ3v) is 3.48. The Hall–Kier alpha value is -0.795. The molecule has 0 radical (unpaired) electrons. The summed E-state index contributed by atoms with van der Waals surface area (Å²) in [5.41, 5.74) is -0.252. The van der Waals surface area contributed by atoms with Gasteiger partial charge in [-0.05, 0) is 24.8 Å². The van der Waals surface area contributed by atoms with E-state index in [0.717, 1.165) is 5.71 Å². The molecule has 0 saturated heterocycles. The summed E-state index contributed by atoms with van der Waals surface area (Å²) in [6, 6.07) is 0. The highest BCUT2D eigenvalue weighted by Crippen LogP contribution is 2.54. The van der Waals surface area contributed by atoms with Crippen LogP contribution in [0.1, 0.15) is 26.7 Å². The standard InChI is InChI=1S/C12H22BFN2/c1-6-10(15-16(4)5)11(9(2)3)7-12(13,14)8-11/h6,9H,1,7-8,13H2,2-5H3/b15-10+. The lowest BCUT2D eigenvalue weighted by atomic mass is 9.47. The van der Waals surface area contributed by atoms with E-state index in [1.165, 1.54) is 0 Å². The Bertz CT molecular complexity index is 300. The lowest BCUT2D eigenvalue weighted by molar-refractivity contribution is 0.0122. The van der Waals surface area contributed by atoms with E-state index in [9.17, 15) is 4.39 Å². The molecule has 1 fully saturated rings. The van der Waals surface area contributed by atoms with Gasteiger partial charge in [-0.1, -0.05) is 20.4 Å². The molecule has 0 bridgehead atoms. The van der Waals surface area contributed by atoms with Gasteiger partial charge in [0.15, 0.2) is 0 Å². The summed E-state index contributed by atoms with van der Waals surface area (Å²) < 4.78 is 13.8. The normalized spacial score (nSPS) is 34.8. The molecule has 0 aliphatic heterocycles. The molecule has 0 heterocycles. The fraction of sp³-hybridized carbons (Fsp3) is 0.750. The summed E-state index contributed by atoms with van der Waals surface area (Å²) in [6.07, 6.45) is 2.88. The molecule has 0 N–H and O–H groups in total. The number of hydrogen-bond acceptors (Lipinski definition) is 2. The second-order valence-electron chi connectivity index (χ2n) is 5.61. The number of rotatable bonds is 4. The molecule has 1 aliphatic rings. The van der Waals surface area contributed by atoms with E-state index >= 15 is 0 Å². The fourth-order valence-corrected chi connectivity index (χ4v) is 2.71. The van der Waals surface area contributed by atoms with Crippen LogP contribution in [0.3, 0.4) is 0 Å². The molecule has 0 unspecified atom stereocenters. The van der Waals surface area contributed by atoms with Crippen LogP contribution in [0.25, 0.3) is 0 Å². The second-order valence-corrected chi connectivity index (χ2v) is 5.61. The second kappa shape index (κ2) is 4.23. The fourth-order valence-electron chi connectivity index (χ4n) is 2.71. The number of allylic oxidation sites excluding steroid dienone is 1. The van der Waals surface area contributed by atoms with Crippen LogP contribution < -0.4 is 0 Å². The molecule has 1 rings (SSSR count). The van der Waals surface area contributed by atoms with Gasteiger partial charge >= 0.3 is 0 Å². The molecule has 1 saturated carbocycles. The molecule has 0 aromatic rings. The topological polar surface area (TPSA) is 15.6 Å². The van der Waals surface area contributed by atoms with Crippen molar-refractivity contribution in [3.05, 3.63) is 12.7 Å². The summed E-state index contributed by atoms with van der Waals surface area (Å²) in [4.78, 5) is 0. The van der Waals surface area contributed by atoms with Gasteiger partial charge in [0.2, 0.25) is 0 Å². The van der Waals surface area contributed by atoms with Gasteiger partial charge in [0.1, 0.15) is 7.85 Å². The predicted octanol–water partition coefficient (Wildman–Crippen LogP) is 1.83. The lowest BCUT2D eigenvalue weighted by Gasteiger charge is -2.53. The first-order valence-electron chi connectivity index (χ1n) is 5.81. The Labute approximate surface area is 99.0 Å². The molecule has 0 spiro atoms. The largest absolute Gasteiger partial charge is 0.303 e. The highest BCUT2D eigenvalue weighted by atomic mass is 19.1. The first-order chi connectivity index (χ1) is 7.23. The first kappa shape index (κ1) is 13.3. The van der Waals surface area contributed by atoms with Gasteiger partial charge in [-0.25, -0.2) is 0 Å². The third kappa shape index (κ3) is 2.31. The summed E-state index contributed by atoms with van der Waals surface area (Å²) in [6.45, 7) is 8.07. The quantitative estimate of drug-likeness (QED) is 0.404. The Balaban J connectivity index is 3.00. The first-order valence-corrected chi connectivity index (χ1v) is 5.81. The Morgan fingerprint density at radius 3 is 2.25 bits per heavy atom. The Morgan fingerprint density at radius 1 is 1.50 bits per heavy atom. The molecule has 0 aromatic carbocycles. The number of hydrazone groups is 1. The summed E-state index contributed by atoms with van der Waals surface area (Å²) in [5.74, 6) is 0.382. The van der Waals surface area contributed by atoms with E-state index in [1.807, 2.05) is 14.1 Å². The summed E-state index contributed by atoms with van der Waals surface area (Å²) in [7, 11) is 5.43. The molecule has 1 aliphatic carbocycles. The van der Waals surface area contributed by atoms with E-state index in [2.05, 4.69) is 25.5 Å². The van der Waals surface area contributed by atoms with Crippen molar-refractivity contribution in [2.75, 3.05) is 14.1 Å². The molecule has 0 amide bonds. The molecular weight excluding hydrogens is 202 g/mol. The minimum Gasteiger partial charge on any atom is -0.303 e. The van der Waals surface area contributed by atoms with Crippen LogP contribution in [0.4, 0.5) is 4.39 Å². The lowest BCUT2D eigenvalue weighted by Crippen LogP contribution is -2.56. The molecule has 90 valence electrons. The van der Waals surface area contributed by atoms with Gasteiger partial charge in [0.25, 0.3) is 0 Å². The molecule has 0 aromatic heterocycles. The number of nitrogens with zero attached hydrogens (tertiary/aromatic N) is 2. The summed E-state index contributed by atoms with van der Waals surface area (Å²) >= 11 is 0. The molecule has 0 atom stereocenters. The van der Waals surface area contributed by atoms with Crippen molar-refractivity contribution in [2.24, 2.45) is 16.4 Å². The highest BCUT2D eigenvalue weighted by Gasteiger charge is 2.56. The van der Waals surface area contributed by atoms with Gasteiger partial charge in [-0.15, -0.1) is 0 Å². The van der Waals surface area contributed by atoms with Crippen molar-refractivity contribution in [3.8, 4) is 0 Å². The zero-order valence-corrected chi connectivity index (χ0v) is 11.0. The summed E-state index contributed by atoms with van der Waals surface area (Å²) in [5, 5.41) is 6.20. The van der Waals surface area contributed by atoms with Crippen LogP contribution in [0, 0.1) is 11.3 Å². The Kier molecular flexibility index (Phi) is 3.51. The number of alkyl halides is 1.